The van der Waals surface area contributed by atoms with Crippen molar-refractivity contribution >= 4 is 16.9 Å². The summed E-state index contributed by atoms with van der Waals surface area (Å²) in [5, 5.41) is 0. The zero-order valence-corrected chi connectivity index (χ0v) is 10.4. The molecule has 0 bridgehead atoms. The third-order valence-corrected chi connectivity index (χ3v) is 2.82. The number of nitrogens with two attached hydrogens (primary N) is 1. The summed E-state index contributed by atoms with van der Waals surface area (Å²) in [5.41, 5.74) is 7.71. The quantitative estimate of drug-likeness (QED) is 0.841. The Labute approximate surface area is 101 Å². The van der Waals surface area contributed by atoms with Gasteiger partial charge in [0, 0.05) is 32.9 Å². The third-order valence-electron chi connectivity index (χ3n) is 2.82. The summed E-state index contributed by atoms with van der Waals surface area (Å²) in [6.45, 7) is 4.56. The minimum atomic E-state index is 0.630. The predicted molar refractivity (Wildman–Crippen MR) is 70.1 cm³/mol. The SMILES string of the molecule is CCCN(CCN)c1nccc2c1ncn2C. The molecule has 2 N–H and O–H groups in total. The van der Waals surface area contributed by atoms with E-state index in [0.29, 0.717) is 6.54 Å². The Morgan fingerprint density at radius 2 is 2.18 bits per heavy atom. The van der Waals surface area contributed by atoms with Crippen LogP contribution in [-0.4, -0.2) is 34.2 Å². The molecule has 0 saturated carbocycles. The number of aryl methyl sites for hydroxylation is 1. The van der Waals surface area contributed by atoms with Crippen molar-refractivity contribution in [3.05, 3.63) is 18.6 Å². The standard InChI is InChI=1S/C12H19N5/c1-3-7-17(8-5-13)12-11-10(4-6-14-12)16(2)9-15-11/h4,6,9H,3,5,7-8,13H2,1-2H3. The highest BCUT2D eigenvalue weighted by Gasteiger charge is 2.12. The van der Waals surface area contributed by atoms with Crippen LogP contribution in [0.15, 0.2) is 18.6 Å². The van der Waals surface area contributed by atoms with Crippen molar-refractivity contribution < 1.29 is 0 Å². The fourth-order valence-electron chi connectivity index (χ4n) is 2.03. The molecular formula is C12H19N5. The van der Waals surface area contributed by atoms with E-state index in [1.165, 1.54) is 0 Å². The van der Waals surface area contributed by atoms with Gasteiger partial charge in [-0.1, -0.05) is 6.92 Å². The fourth-order valence-corrected chi connectivity index (χ4v) is 2.03. The molecule has 92 valence electrons. The largest absolute Gasteiger partial charge is 0.354 e. The maximum atomic E-state index is 5.65. The Kier molecular flexibility index (Phi) is 3.58. The summed E-state index contributed by atoms with van der Waals surface area (Å²) >= 11 is 0. The van der Waals surface area contributed by atoms with Gasteiger partial charge in [-0.15, -0.1) is 0 Å². The number of fused-ring (bicyclic) bond motifs is 1. The van der Waals surface area contributed by atoms with Crippen LogP contribution in [0.3, 0.4) is 0 Å². The Bertz CT molecular complexity index is 485. The highest BCUT2D eigenvalue weighted by Crippen LogP contribution is 2.22. The molecular weight excluding hydrogens is 214 g/mol. The summed E-state index contributed by atoms with van der Waals surface area (Å²) in [6.07, 6.45) is 4.73. The molecule has 0 spiro atoms. The molecule has 2 aromatic heterocycles. The maximum Gasteiger partial charge on any atom is 0.156 e. The molecule has 0 atom stereocenters. The molecule has 2 rings (SSSR count). The van der Waals surface area contributed by atoms with Gasteiger partial charge in [0.1, 0.15) is 5.52 Å². The average molecular weight is 233 g/mol. The number of aromatic nitrogens is 3. The highest BCUT2D eigenvalue weighted by molar-refractivity contribution is 5.86. The molecule has 0 aliphatic rings. The van der Waals surface area contributed by atoms with Gasteiger partial charge >= 0.3 is 0 Å². The molecule has 0 unspecified atom stereocenters. The highest BCUT2D eigenvalue weighted by atomic mass is 15.2. The second kappa shape index (κ2) is 5.14. The molecule has 0 aromatic carbocycles. The van der Waals surface area contributed by atoms with Gasteiger partial charge in [-0.25, -0.2) is 9.97 Å². The summed E-state index contributed by atoms with van der Waals surface area (Å²) in [6, 6.07) is 1.98. The van der Waals surface area contributed by atoms with Crippen LogP contribution >= 0.6 is 0 Å². The smallest absolute Gasteiger partial charge is 0.156 e. The second-order valence-electron chi connectivity index (χ2n) is 4.13. The van der Waals surface area contributed by atoms with Crippen molar-refractivity contribution in [3.63, 3.8) is 0 Å². The van der Waals surface area contributed by atoms with Gasteiger partial charge in [-0.05, 0) is 12.5 Å². The summed E-state index contributed by atoms with van der Waals surface area (Å²) in [4.78, 5) is 11.1. The molecule has 2 aromatic rings. The van der Waals surface area contributed by atoms with E-state index in [0.717, 1.165) is 36.4 Å². The summed E-state index contributed by atoms with van der Waals surface area (Å²) in [5.74, 6) is 0.940. The maximum absolute atomic E-state index is 5.65. The second-order valence-corrected chi connectivity index (χ2v) is 4.13. The Balaban J connectivity index is 2.44. The number of anilines is 1. The minimum absolute atomic E-state index is 0.630. The van der Waals surface area contributed by atoms with E-state index in [9.17, 15) is 0 Å². The van der Waals surface area contributed by atoms with Crippen molar-refractivity contribution in [1.29, 1.82) is 0 Å². The van der Waals surface area contributed by atoms with Crippen LogP contribution in [-0.2, 0) is 7.05 Å². The van der Waals surface area contributed by atoms with Crippen LogP contribution in [0.2, 0.25) is 0 Å². The lowest BCUT2D eigenvalue weighted by molar-refractivity contribution is 0.754. The van der Waals surface area contributed by atoms with Crippen LogP contribution in [0.5, 0.6) is 0 Å². The van der Waals surface area contributed by atoms with Crippen molar-refractivity contribution in [3.8, 4) is 0 Å². The van der Waals surface area contributed by atoms with Crippen LogP contribution < -0.4 is 10.6 Å². The van der Waals surface area contributed by atoms with Gasteiger partial charge in [-0.3, -0.25) is 0 Å². The topological polar surface area (TPSA) is 60.0 Å². The molecule has 5 heteroatoms. The third kappa shape index (κ3) is 2.24. The van der Waals surface area contributed by atoms with E-state index >= 15 is 0 Å². The number of imidazole rings is 1. The molecule has 0 saturated heterocycles. The molecule has 0 aliphatic carbocycles. The first-order chi connectivity index (χ1) is 8.27. The summed E-state index contributed by atoms with van der Waals surface area (Å²) in [7, 11) is 1.99. The first kappa shape index (κ1) is 11.9. The zero-order chi connectivity index (χ0) is 12.3. The van der Waals surface area contributed by atoms with Crippen molar-refractivity contribution in [2.75, 3.05) is 24.5 Å². The molecule has 2 heterocycles. The first-order valence-corrected chi connectivity index (χ1v) is 5.99. The molecule has 0 radical (unpaired) electrons. The van der Waals surface area contributed by atoms with Crippen molar-refractivity contribution in [1.82, 2.24) is 14.5 Å². The lowest BCUT2D eigenvalue weighted by atomic mass is 10.3. The number of pyridine rings is 1. The first-order valence-electron chi connectivity index (χ1n) is 5.99. The van der Waals surface area contributed by atoms with Gasteiger partial charge in [0.25, 0.3) is 0 Å². The van der Waals surface area contributed by atoms with Crippen LogP contribution in [0.4, 0.5) is 5.82 Å². The van der Waals surface area contributed by atoms with E-state index in [-0.39, 0.29) is 0 Å². The van der Waals surface area contributed by atoms with Gasteiger partial charge in [0.15, 0.2) is 5.82 Å². The molecule has 0 fully saturated rings. The van der Waals surface area contributed by atoms with Crippen LogP contribution in [0, 0.1) is 0 Å². The number of hydrogen-bond donors (Lipinski definition) is 1. The Hall–Kier alpha value is -1.62. The Morgan fingerprint density at radius 1 is 1.35 bits per heavy atom. The van der Waals surface area contributed by atoms with E-state index in [1.54, 1.807) is 0 Å². The summed E-state index contributed by atoms with van der Waals surface area (Å²) < 4.78 is 2.01. The van der Waals surface area contributed by atoms with E-state index in [1.807, 2.05) is 30.2 Å². The van der Waals surface area contributed by atoms with Gasteiger partial charge < -0.3 is 15.2 Å². The number of hydrogen-bond acceptors (Lipinski definition) is 4. The molecule has 0 amide bonds. The normalized spacial score (nSPS) is 11.0. The number of nitrogens with zero attached hydrogens (tertiary/aromatic N) is 4. The minimum Gasteiger partial charge on any atom is -0.354 e. The zero-order valence-electron chi connectivity index (χ0n) is 10.4. The monoisotopic (exact) mass is 233 g/mol. The van der Waals surface area contributed by atoms with Gasteiger partial charge in [0.05, 0.1) is 11.8 Å². The van der Waals surface area contributed by atoms with Crippen molar-refractivity contribution in [2.24, 2.45) is 12.8 Å². The number of rotatable bonds is 5. The molecule has 17 heavy (non-hydrogen) atoms. The van der Waals surface area contributed by atoms with E-state index < -0.39 is 0 Å². The van der Waals surface area contributed by atoms with Crippen molar-refractivity contribution in [2.45, 2.75) is 13.3 Å². The fraction of sp³-hybridized carbons (Fsp3) is 0.500. The Morgan fingerprint density at radius 3 is 2.88 bits per heavy atom. The van der Waals surface area contributed by atoms with Gasteiger partial charge in [0.2, 0.25) is 0 Å². The van der Waals surface area contributed by atoms with Crippen LogP contribution in [0.1, 0.15) is 13.3 Å². The lowest BCUT2D eigenvalue weighted by Crippen LogP contribution is -2.31. The lowest BCUT2D eigenvalue weighted by Gasteiger charge is -2.22. The molecule has 0 aliphatic heterocycles. The predicted octanol–water partition coefficient (Wildman–Crippen LogP) is 1.14. The van der Waals surface area contributed by atoms with Gasteiger partial charge in [-0.2, -0.15) is 0 Å². The van der Waals surface area contributed by atoms with E-state index in [4.69, 9.17) is 5.73 Å². The van der Waals surface area contributed by atoms with E-state index in [2.05, 4.69) is 21.8 Å². The van der Waals surface area contributed by atoms with Crippen LogP contribution in [0.25, 0.3) is 11.0 Å². The molecule has 5 nitrogen and oxygen atoms in total. The average Bonchev–Trinajstić information content (AvgIpc) is 2.71.